The molecule has 2 fully saturated rings. The molecule has 0 aliphatic heterocycles. The van der Waals surface area contributed by atoms with Crippen LogP contribution >= 0.6 is 0 Å². The van der Waals surface area contributed by atoms with Crippen molar-refractivity contribution in [2.45, 2.75) is 51.8 Å². The number of nitrogens with one attached hydrogen (secondary N) is 2. The average Bonchev–Trinajstić information content (AvgIpc) is 3.63. The number of hydrogen-bond donors (Lipinski definition) is 2. The monoisotopic (exact) mass is 599 g/mol. The SMILES string of the molecule is C=CCOC(=O)C1CCC2[C@@H](CC[C@@H]2NC(=O)c2cc(C(=O)NCc3ccc(F)c(OC(F)F)c3)nc3ccnn23)C1C. The van der Waals surface area contributed by atoms with Gasteiger partial charge < -0.3 is 20.1 Å². The van der Waals surface area contributed by atoms with Gasteiger partial charge in [-0.2, -0.15) is 13.9 Å². The Kier molecular flexibility index (Phi) is 8.97. The minimum Gasteiger partial charge on any atom is -0.461 e. The van der Waals surface area contributed by atoms with E-state index in [0.29, 0.717) is 12.0 Å². The molecule has 43 heavy (non-hydrogen) atoms. The van der Waals surface area contributed by atoms with Crippen LogP contribution in [0.25, 0.3) is 5.65 Å². The highest BCUT2D eigenvalue weighted by molar-refractivity contribution is 5.98. The van der Waals surface area contributed by atoms with Crippen molar-refractivity contribution < 1.29 is 37.0 Å². The van der Waals surface area contributed by atoms with E-state index < -0.39 is 30.0 Å². The lowest BCUT2D eigenvalue weighted by Gasteiger charge is -2.38. The summed E-state index contributed by atoms with van der Waals surface area (Å²) in [5.74, 6) is -2.44. The number of esters is 1. The van der Waals surface area contributed by atoms with Gasteiger partial charge in [-0.05, 0) is 61.1 Å². The first-order valence-corrected chi connectivity index (χ1v) is 14.1. The summed E-state index contributed by atoms with van der Waals surface area (Å²) in [5, 5.41) is 9.92. The number of benzene rings is 1. The molecule has 5 rings (SSSR count). The number of carbonyl (C=O) groups excluding carboxylic acids is 3. The van der Waals surface area contributed by atoms with Gasteiger partial charge >= 0.3 is 12.6 Å². The summed E-state index contributed by atoms with van der Waals surface area (Å²) in [5.41, 5.74) is 0.666. The predicted octanol–water partition coefficient (Wildman–Crippen LogP) is 4.30. The van der Waals surface area contributed by atoms with E-state index in [-0.39, 0.29) is 65.9 Å². The molecule has 0 bridgehead atoms. The molecule has 2 amide bonds. The number of halogens is 3. The molecule has 1 aromatic carbocycles. The Balaban J connectivity index is 1.27. The van der Waals surface area contributed by atoms with Gasteiger partial charge in [-0.3, -0.25) is 14.4 Å². The lowest BCUT2D eigenvalue weighted by Crippen LogP contribution is -2.44. The van der Waals surface area contributed by atoms with Crippen LogP contribution in [-0.4, -0.2) is 51.6 Å². The van der Waals surface area contributed by atoms with Gasteiger partial charge in [0.1, 0.15) is 18.0 Å². The highest BCUT2D eigenvalue weighted by Crippen LogP contribution is 2.48. The van der Waals surface area contributed by atoms with Gasteiger partial charge in [-0.1, -0.05) is 25.6 Å². The Bertz CT molecular complexity index is 1530. The lowest BCUT2D eigenvalue weighted by atomic mass is 9.68. The number of carbonyl (C=O) groups is 3. The van der Waals surface area contributed by atoms with Gasteiger partial charge in [0.25, 0.3) is 11.8 Å². The molecule has 5 atom stereocenters. The number of amides is 2. The summed E-state index contributed by atoms with van der Waals surface area (Å²) < 4.78 is 49.7. The number of alkyl halides is 2. The van der Waals surface area contributed by atoms with Crippen LogP contribution < -0.4 is 15.4 Å². The lowest BCUT2D eigenvalue weighted by molar-refractivity contribution is -0.152. The van der Waals surface area contributed by atoms with Crippen molar-refractivity contribution in [1.29, 1.82) is 0 Å². The molecule has 2 aliphatic rings. The van der Waals surface area contributed by atoms with Crippen molar-refractivity contribution in [1.82, 2.24) is 25.2 Å². The fourth-order valence-electron chi connectivity index (χ4n) is 6.41. The third-order valence-electron chi connectivity index (χ3n) is 8.45. The second kappa shape index (κ2) is 12.8. The molecule has 2 heterocycles. The maximum absolute atomic E-state index is 13.8. The summed E-state index contributed by atoms with van der Waals surface area (Å²) in [6.45, 7) is 2.52. The van der Waals surface area contributed by atoms with Crippen LogP contribution in [0.1, 0.15) is 59.1 Å². The van der Waals surface area contributed by atoms with E-state index in [2.05, 4.69) is 39.0 Å². The highest BCUT2D eigenvalue weighted by Gasteiger charge is 2.47. The van der Waals surface area contributed by atoms with E-state index in [1.807, 2.05) is 0 Å². The van der Waals surface area contributed by atoms with Crippen LogP contribution in [0, 0.1) is 29.5 Å². The first-order valence-electron chi connectivity index (χ1n) is 14.1. The molecule has 3 unspecified atom stereocenters. The summed E-state index contributed by atoms with van der Waals surface area (Å²) in [6, 6.07) is 6.15. The highest BCUT2D eigenvalue weighted by atomic mass is 19.3. The minimum absolute atomic E-state index is 0.0548. The number of rotatable bonds is 10. The Hall–Kier alpha value is -4.42. The van der Waals surface area contributed by atoms with Crippen LogP contribution in [0.5, 0.6) is 5.75 Å². The first-order chi connectivity index (χ1) is 20.7. The van der Waals surface area contributed by atoms with Crippen molar-refractivity contribution in [3.8, 4) is 5.75 Å². The molecular weight excluding hydrogens is 567 g/mol. The van der Waals surface area contributed by atoms with Crippen LogP contribution in [0.15, 0.2) is 49.2 Å². The molecule has 228 valence electrons. The van der Waals surface area contributed by atoms with E-state index >= 15 is 0 Å². The molecule has 0 spiro atoms. The largest absolute Gasteiger partial charge is 0.461 e. The van der Waals surface area contributed by atoms with Gasteiger partial charge in [0.2, 0.25) is 0 Å². The topological polar surface area (TPSA) is 124 Å². The number of ether oxygens (including phenoxy) is 2. The molecular formula is C30H32F3N5O5. The van der Waals surface area contributed by atoms with Gasteiger partial charge in [-0.15, -0.1) is 0 Å². The van der Waals surface area contributed by atoms with Crippen LogP contribution in [0.3, 0.4) is 0 Å². The zero-order valence-corrected chi connectivity index (χ0v) is 23.5. The summed E-state index contributed by atoms with van der Waals surface area (Å²) in [4.78, 5) is 43.4. The maximum Gasteiger partial charge on any atom is 0.387 e. The molecule has 2 aliphatic carbocycles. The van der Waals surface area contributed by atoms with Gasteiger partial charge in [0, 0.05) is 24.7 Å². The second-order valence-electron chi connectivity index (χ2n) is 10.9. The van der Waals surface area contributed by atoms with Crippen molar-refractivity contribution in [3.05, 3.63) is 72.0 Å². The van der Waals surface area contributed by atoms with E-state index in [9.17, 15) is 27.6 Å². The predicted molar refractivity (Wildman–Crippen MR) is 148 cm³/mol. The Morgan fingerprint density at radius 2 is 1.91 bits per heavy atom. The van der Waals surface area contributed by atoms with E-state index in [1.165, 1.54) is 22.8 Å². The smallest absolute Gasteiger partial charge is 0.387 e. The Morgan fingerprint density at radius 1 is 1.12 bits per heavy atom. The van der Waals surface area contributed by atoms with Crippen LogP contribution in [0.4, 0.5) is 13.2 Å². The number of fused-ring (bicyclic) bond motifs is 2. The van der Waals surface area contributed by atoms with Crippen molar-refractivity contribution >= 4 is 23.4 Å². The normalized spacial score (nSPS) is 23.0. The average molecular weight is 600 g/mol. The molecule has 13 heteroatoms. The van der Waals surface area contributed by atoms with Crippen LogP contribution in [0.2, 0.25) is 0 Å². The van der Waals surface area contributed by atoms with E-state index in [4.69, 9.17) is 4.74 Å². The minimum atomic E-state index is -3.20. The molecule has 0 radical (unpaired) electrons. The fraction of sp³-hybridized carbons (Fsp3) is 0.433. The third-order valence-corrected chi connectivity index (χ3v) is 8.45. The fourth-order valence-corrected chi connectivity index (χ4v) is 6.41. The number of aromatic nitrogens is 3. The first kappa shape index (κ1) is 30.1. The zero-order valence-electron chi connectivity index (χ0n) is 23.5. The molecule has 10 nitrogen and oxygen atoms in total. The summed E-state index contributed by atoms with van der Waals surface area (Å²) >= 11 is 0. The molecule has 0 saturated heterocycles. The van der Waals surface area contributed by atoms with Gasteiger partial charge in [-0.25, -0.2) is 13.9 Å². The van der Waals surface area contributed by atoms with Gasteiger partial charge in [0.05, 0.1) is 12.1 Å². The standard InChI is InChI=1S/C30H32F3N5O5/c1-3-12-42-29(41)19-5-6-20-18(16(19)2)7-9-22(20)37-28(40)24-14-23(36-26-10-11-35-38(24)26)27(39)34-15-17-4-8-21(31)25(13-17)43-30(32)33/h3-4,8,10-11,13-14,16,18-20,22,30H,1,5-7,9,12,15H2,2H3,(H,34,39)(H,37,40)/t16?,18-,19?,20?,22-/m0/s1. The van der Waals surface area contributed by atoms with Gasteiger partial charge in [0.15, 0.2) is 17.2 Å². The maximum atomic E-state index is 13.8. The van der Waals surface area contributed by atoms with Crippen molar-refractivity contribution in [2.75, 3.05) is 6.61 Å². The van der Waals surface area contributed by atoms with E-state index in [0.717, 1.165) is 31.4 Å². The van der Waals surface area contributed by atoms with Crippen molar-refractivity contribution in [2.24, 2.45) is 23.7 Å². The zero-order chi connectivity index (χ0) is 30.7. The molecule has 2 saturated carbocycles. The third kappa shape index (κ3) is 6.50. The quantitative estimate of drug-likeness (QED) is 0.263. The Morgan fingerprint density at radius 3 is 2.67 bits per heavy atom. The summed E-state index contributed by atoms with van der Waals surface area (Å²) in [7, 11) is 0. The van der Waals surface area contributed by atoms with E-state index in [1.54, 1.807) is 12.1 Å². The summed E-state index contributed by atoms with van der Waals surface area (Å²) in [6.07, 6.45) is 6.10. The van der Waals surface area contributed by atoms with Crippen molar-refractivity contribution in [3.63, 3.8) is 0 Å². The van der Waals surface area contributed by atoms with Crippen LogP contribution in [-0.2, 0) is 16.1 Å². The number of nitrogens with zero attached hydrogens (tertiary/aromatic N) is 3. The Labute approximate surface area is 245 Å². The second-order valence-corrected chi connectivity index (χ2v) is 10.9. The molecule has 2 aromatic heterocycles. The molecule has 3 aromatic rings. The number of hydrogen-bond acceptors (Lipinski definition) is 7. The molecule has 2 N–H and O–H groups in total.